The summed E-state index contributed by atoms with van der Waals surface area (Å²) in [7, 11) is 0. The Labute approximate surface area is 154 Å². The van der Waals surface area contributed by atoms with Gasteiger partial charge in [0.15, 0.2) is 5.11 Å². The third-order valence-corrected chi connectivity index (χ3v) is 4.07. The van der Waals surface area contributed by atoms with Gasteiger partial charge in [0, 0.05) is 21.6 Å². The molecule has 120 valence electrons. The first-order chi connectivity index (χ1) is 10.9. The second kappa shape index (κ2) is 8.50. The van der Waals surface area contributed by atoms with Crippen LogP contribution in [-0.2, 0) is 17.8 Å². The molecule has 1 amide bonds. The minimum Gasteiger partial charge on any atom is -0.358 e. The topological polar surface area (TPSA) is 41.1 Å². The summed E-state index contributed by atoms with van der Waals surface area (Å²) in [6.07, 6.45) is 0.223. The maximum absolute atomic E-state index is 11.9. The van der Waals surface area contributed by atoms with Crippen LogP contribution in [0.5, 0.6) is 0 Å². The SMILES string of the molecule is O=C(Cc1ccc(Cl)cc1)NC(=S)NCc1ccc(Cl)cc1Cl. The Morgan fingerprint density at radius 2 is 1.65 bits per heavy atom. The van der Waals surface area contributed by atoms with E-state index in [9.17, 15) is 4.79 Å². The zero-order chi connectivity index (χ0) is 16.8. The molecule has 0 spiro atoms. The predicted molar refractivity (Wildman–Crippen MR) is 99.2 cm³/mol. The normalized spacial score (nSPS) is 10.2. The van der Waals surface area contributed by atoms with Crippen molar-refractivity contribution < 1.29 is 4.79 Å². The van der Waals surface area contributed by atoms with Crippen molar-refractivity contribution in [1.82, 2.24) is 10.6 Å². The fourth-order valence-corrected chi connectivity index (χ4v) is 2.63. The Balaban J connectivity index is 1.82. The third kappa shape index (κ3) is 5.99. The minimum atomic E-state index is -0.202. The molecule has 0 aliphatic heterocycles. The number of hydrogen-bond donors (Lipinski definition) is 2. The lowest BCUT2D eigenvalue weighted by molar-refractivity contribution is -0.119. The maximum atomic E-state index is 11.9. The average Bonchev–Trinajstić information content (AvgIpc) is 2.48. The van der Waals surface area contributed by atoms with Gasteiger partial charge in [-0.25, -0.2) is 0 Å². The molecule has 0 aromatic heterocycles. The molecule has 0 fully saturated rings. The van der Waals surface area contributed by atoms with Crippen molar-refractivity contribution in [3.63, 3.8) is 0 Å². The molecule has 0 aliphatic rings. The highest BCUT2D eigenvalue weighted by Gasteiger charge is 2.07. The van der Waals surface area contributed by atoms with Crippen molar-refractivity contribution in [3.8, 4) is 0 Å². The Hall–Kier alpha value is -1.33. The van der Waals surface area contributed by atoms with Crippen LogP contribution in [0.2, 0.25) is 15.1 Å². The molecule has 23 heavy (non-hydrogen) atoms. The molecule has 0 bridgehead atoms. The van der Waals surface area contributed by atoms with Crippen molar-refractivity contribution >= 4 is 58.0 Å². The molecule has 3 nitrogen and oxygen atoms in total. The van der Waals surface area contributed by atoms with Crippen LogP contribution in [0.15, 0.2) is 42.5 Å². The molecule has 0 saturated carbocycles. The number of amides is 1. The van der Waals surface area contributed by atoms with E-state index in [0.717, 1.165) is 11.1 Å². The number of benzene rings is 2. The lowest BCUT2D eigenvalue weighted by atomic mass is 10.1. The van der Waals surface area contributed by atoms with Crippen molar-refractivity contribution in [1.29, 1.82) is 0 Å². The van der Waals surface area contributed by atoms with Gasteiger partial charge < -0.3 is 10.6 Å². The standard InChI is InChI=1S/C16H13Cl3N2OS/c17-12-4-1-10(2-5-12)7-15(22)21-16(23)20-9-11-3-6-13(18)8-14(11)19/h1-6,8H,7,9H2,(H2,20,21,22,23). The second-order valence-electron chi connectivity index (χ2n) is 4.77. The number of carbonyl (C=O) groups excluding carboxylic acids is 1. The molecule has 2 rings (SSSR count). The van der Waals surface area contributed by atoms with Gasteiger partial charge in [-0.05, 0) is 47.6 Å². The highest BCUT2D eigenvalue weighted by Crippen LogP contribution is 2.20. The van der Waals surface area contributed by atoms with E-state index in [1.54, 1.807) is 42.5 Å². The molecule has 2 aromatic carbocycles. The smallest absolute Gasteiger partial charge is 0.230 e. The summed E-state index contributed by atoms with van der Waals surface area (Å²) in [5.74, 6) is -0.202. The summed E-state index contributed by atoms with van der Waals surface area (Å²) in [6, 6.07) is 12.3. The number of nitrogens with one attached hydrogen (secondary N) is 2. The summed E-state index contributed by atoms with van der Waals surface area (Å²) in [6.45, 7) is 0.399. The number of halogens is 3. The van der Waals surface area contributed by atoms with Crippen LogP contribution in [0, 0.1) is 0 Å². The van der Waals surface area contributed by atoms with Gasteiger partial charge in [-0.3, -0.25) is 4.79 Å². The average molecular weight is 388 g/mol. The van der Waals surface area contributed by atoms with Gasteiger partial charge in [0.05, 0.1) is 6.42 Å². The van der Waals surface area contributed by atoms with Crippen molar-refractivity contribution in [2.75, 3.05) is 0 Å². The first-order valence-corrected chi connectivity index (χ1v) is 8.24. The summed E-state index contributed by atoms with van der Waals surface area (Å²) in [5, 5.41) is 7.54. The number of thiocarbonyl (C=S) groups is 1. The van der Waals surface area contributed by atoms with Crippen LogP contribution in [0.25, 0.3) is 0 Å². The van der Waals surface area contributed by atoms with E-state index in [-0.39, 0.29) is 17.4 Å². The molecule has 0 unspecified atom stereocenters. The Kier molecular flexibility index (Phi) is 6.66. The van der Waals surface area contributed by atoms with Crippen LogP contribution >= 0.6 is 47.0 Å². The monoisotopic (exact) mass is 386 g/mol. The molecule has 0 atom stereocenters. The molecule has 2 N–H and O–H groups in total. The predicted octanol–water partition coefficient (Wildman–Crippen LogP) is 4.38. The molecule has 0 heterocycles. The van der Waals surface area contributed by atoms with E-state index in [1.165, 1.54) is 0 Å². The molecular weight excluding hydrogens is 375 g/mol. The summed E-state index contributed by atoms with van der Waals surface area (Å²) >= 11 is 22.8. The van der Waals surface area contributed by atoms with E-state index >= 15 is 0 Å². The quantitative estimate of drug-likeness (QED) is 0.765. The zero-order valence-electron chi connectivity index (χ0n) is 11.9. The van der Waals surface area contributed by atoms with Crippen LogP contribution < -0.4 is 10.6 Å². The van der Waals surface area contributed by atoms with Gasteiger partial charge in [0.25, 0.3) is 0 Å². The van der Waals surface area contributed by atoms with Crippen molar-refractivity contribution in [2.45, 2.75) is 13.0 Å². The molecule has 2 aromatic rings. The Morgan fingerprint density at radius 3 is 2.30 bits per heavy atom. The van der Waals surface area contributed by atoms with E-state index in [2.05, 4.69) is 10.6 Å². The molecule has 0 saturated heterocycles. The number of carbonyl (C=O) groups is 1. The van der Waals surface area contributed by atoms with Gasteiger partial charge in [-0.1, -0.05) is 53.0 Å². The lowest BCUT2D eigenvalue weighted by Gasteiger charge is -2.11. The summed E-state index contributed by atoms with van der Waals surface area (Å²) in [4.78, 5) is 11.9. The van der Waals surface area contributed by atoms with Crippen LogP contribution in [0.3, 0.4) is 0 Å². The van der Waals surface area contributed by atoms with Crippen molar-refractivity contribution in [2.24, 2.45) is 0 Å². The molecule has 0 aliphatic carbocycles. The zero-order valence-corrected chi connectivity index (χ0v) is 15.0. The third-order valence-electron chi connectivity index (χ3n) is 2.99. The fourth-order valence-electron chi connectivity index (χ4n) is 1.84. The Morgan fingerprint density at radius 1 is 1.00 bits per heavy atom. The van der Waals surface area contributed by atoms with E-state index in [0.29, 0.717) is 21.6 Å². The van der Waals surface area contributed by atoms with Gasteiger partial charge in [-0.15, -0.1) is 0 Å². The largest absolute Gasteiger partial charge is 0.358 e. The van der Waals surface area contributed by atoms with Crippen LogP contribution in [-0.4, -0.2) is 11.0 Å². The molecule has 0 radical (unpaired) electrons. The highest BCUT2D eigenvalue weighted by molar-refractivity contribution is 7.80. The van der Waals surface area contributed by atoms with E-state index in [4.69, 9.17) is 47.0 Å². The van der Waals surface area contributed by atoms with Crippen molar-refractivity contribution in [3.05, 3.63) is 68.7 Å². The highest BCUT2D eigenvalue weighted by atomic mass is 35.5. The fraction of sp³-hybridized carbons (Fsp3) is 0.125. The molecule has 7 heteroatoms. The first-order valence-electron chi connectivity index (χ1n) is 6.70. The number of rotatable bonds is 4. The maximum Gasteiger partial charge on any atom is 0.230 e. The lowest BCUT2D eigenvalue weighted by Crippen LogP contribution is -2.39. The molecular formula is C16H13Cl3N2OS. The van der Waals surface area contributed by atoms with Gasteiger partial charge in [0.2, 0.25) is 5.91 Å². The summed E-state index contributed by atoms with van der Waals surface area (Å²) in [5.41, 5.74) is 1.70. The van der Waals surface area contributed by atoms with E-state index < -0.39 is 0 Å². The number of hydrogen-bond acceptors (Lipinski definition) is 2. The summed E-state index contributed by atoms with van der Waals surface area (Å²) < 4.78 is 0. The van der Waals surface area contributed by atoms with E-state index in [1.807, 2.05) is 0 Å². The van der Waals surface area contributed by atoms with Gasteiger partial charge in [0.1, 0.15) is 0 Å². The van der Waals surface area contributed by atoms with Crippen LogP contribution in [0.1, 0.15) is 11.1 Å². The minimum absolute atomic E-state index is 0.202. The second-order valence-corrected chi connectivity index (χ2v) is 6.46. The van der Waals surface area contributed by atoms with Gasteiger partial charge in [-0.2, -0.15) is 0 Å². The van der Waals surface area contributed by atoms with Crippen LogP contribution in [0.4, 0.5) is 0 Å². The Bertz CT molecular complexity index is 720. The first kappa shape index (κ1) is 18.0. The van der Waals surface area contributed by atoms with Gasteiger partial charge >= 0.3 is 0 Å².